The van der Waals surface area contributed by atoms with E-state index in [9.17, 15) is 4.79 Å². The second kappa shape index (κ2) is 8.20. The van der Waals surface area contributed by atoms with Crippen LogP contribution in [-0.4, -0.2) is 25.2 Å². The fourth-order valence-electron chi connectivity index (χ4n) is 2.25. The van der Waals surface area contributed by atoms with Gasteiger partial charge in [-0.2, -0.15) is 5.26 Å². The quantitative estimate of drug-likeness (QED) is 0.624. The molecule has 1 aromatic carbocycles. The molecule has 0 aromatic heterocycles. The second-order valence-corrected chi connectivity index (χ2v) is 5.21. The molecule has 1 amide bonds. The molecule has 1 heterocycles. The SMILES string of the molecule is CCc1ccc(N/C=C(/C#N)C(=O)NCC2CCCO2)cc1. The van der Waals surface area contributed by atoms with Crippen molar-refractivity contribution in [3.8, 4) is 6.07 Å². The van der Waals surface area contributed by atoms with Gasteiger partial charge in [0.15, 0.2) is 0 Å². The highest BCUT2D eigenvalue weighted by molar-refractivity contribution is 5.97. The van der Waals surface area contributed by atoms with E-state index in [0.29, 0.717) is 6.54 Å². The van der Waals surface area contributed by atoms with Crippen molar-refractivity contribution in [1.29, 1.82) is 5.26 Å². The first-order valence-electron chi connectivity index (χ1n) is 7.58. The molecule has 2 rings (SSSR count). The lowest BCUT2D eigenvalue weighted by atomic mass is 10.1. The highest BCUT2D eigenvalue weighted by atomic mass is 16.5. The number of anilines is 1. The molecular weight excluding hydrogens is 278 g/mol. The second-order valence-electron chi connectivity index (χ2n) is 5.21. The molecular formula is C17H21N3O2. The van der Waals surface area contributed by atoms with Gasteiger partial charge in [0.2, 0.25) is 0 Å². The number of hydrogen-bond acceptors (Lipinski definition) is 4. The third kappa shape index (κ3) is 4.61. The summed E-state index contributed by atoms with van der Waals surface area (Å²) in [4.78, 5) is 12.0. The third-order valence-electron chi connectivity index (χ3n) is 3.62. The van der Waals surface area contributed by atoms with Crippen molar-refractivity contribution in [3.63, 3.8) is 0 Å². The number of carbonyl (C=O) groups is 1. The Hall–Kier alpha value is -2.32. The standard InChI is InChI=1S/C17H21N3O2/c1-2-13-5-7-15(8-6-13)19-11-14(10-18)17(21)20-12-16-4-3-9-22-16/h5-8,11,16,19H,2-4,9,12H2,1H3,(H,20,21)/b14-11-. The van der Waals surface area contributed by atoms with Gasteiger partial charge >= 0.3 is 0 Å². The summed E-state index contributed by atoms with van der Waals surface area (Å²) in [5.74, 6) is -0.379. The molecule has 0 bridgehead atoms. The van der Waals surface area contributed by atoms with E-state index in [1.165, 1.54) is 11.8 Å². The normalized spacial score (nSPS) is 17.8. The predicted molar refractivity (Wildman–Crippen MR) is 85.1 cm³/mol. The molecule has 1 atom stereocenters. The molecule has 0 radical (unpaired) electrons. The average molecular weight is 299 g/mol. The molecule has 22 heavy (non-hydrogen) atoms. The van der Waals surface area contributed by atoms with Crippen molar-refractivity contribution >= 4 is 11.6 Å². The molecule has 2 N–H and O–H groups in total. The first-order chi connectivity index (χ1) is 10.7. The smallest absolute Gasteiger partial charge is 0.263 e. The summed E-state index contributed by atoms with van der Waals surface area (Å²) in [6.45, 7) is 3.29. The van der Waals surface area contributed by atoms with E-state index in [2.05, 4.69) is 17.6 Å². The monoisotopic (exact) mass is 299 g/mol. The van der Waals surface area contributed by atoms with Crippen LogP contribution < -0.4 is 10.6 Å². The summed E-state index contributed by atoms with van der Waals surface area (Å²) in [5, 5.41) is 14.8. The molecule has 0 saturated carbocycles. The molecule has 0 aliphatic carbocycles. The summed E-state index contributed by atoms with van der Waals surface area (Å²) >= 11 is 0. The largest absolute Gasteiger partial charge is 0.376 e. The van der Waals surface area contributed by atoms with E-state index in [-0.39, 0.29) is 17.6 Å². The van der Waals surface area contributed by atoms with Crippen LogP contribution in [-0.2, 0) is 16.0 Å². The van der Waals surface area contributed by atoms with Gasteiger partial charge in [0.25, 0.3) is 5.91 Å². The van der Waals surface area contributed by atoms with E-state index >= 15 is 0 Å². The fourth-order valence-corrected chi connectivity index (χ4v) is 2.25. The Labute approximate surface area is 131 Å². The first kappa shape index (κ1) is 16.1. The van der Waals surface area contributed by atoms with Gasteiger partial charge in [-0.25, -0.2) is 0 Å². The molecule has 1 saturated heterocycles. The van der Waals surface area contributed by atoms with Gasteiger partial charge in [-0.05, 0) is 37.0 Å². The Morgan fingerprint density at radius 1 is 1.45 bits per heavy atom. The lowest BCUT2D eigenvalue weighted by Crippen LogP contribution is -2.32. The van der Waals surface area contributed by atoms with Crippen LogP contribution in [0.1, 0.15) is 25.3 Å². The minimum absolute atomic E-state index is 0.0533. The van der Waals surface area contributed by atoms with Gasteiger partial charge in [0.1, 0.15) is 11.6 Å². The molecule has 1 unspecified atom stereocenters. The number of nitrogens with one attached hydrogen (secondary N) is 2. The highest BCUT2D eigenvalue weighted by Crippen LogP contribution is 2.12. The van der Waals surface area contributed by atoms with Crippen LogP contribution in [0.4, 0.5) is 5.69 Å². The van der Waals surface area contributed by atoms with Crippen molar-refractivity contribution in [2.45, 2.75) is 32.3 Å². The molecule has 5 nitrogen and oxygen atoms in total. The van der Waals surface area contributed by atoms with Crippen molar-refractivity contribution in [3.05, 3.63) is 41.6 Å². The van der Waals surface area contributed by atoms with Crippen molar-refractivity contribution in [1.82, 2.24) is 5.32 Å². The number of carbonyl (C=O) groups excluding carboxylic acids is 1. The Bertz CT molecular complexity index is 567. The lowest BCUT2D eigenvalue weighted by Gasteiger charge is -2.10. The number of nitriles is 1. The maximum Gasteiger partial charge on any atom is 0.263 e. The number of rotatable bonds is 6. The predicted octanol–water partition coefficient (Wildman–Crippen LogP) is 2.36. The first-order valence-corrected chi connectivity index (χ1v) is 7.58. The average Bonchev–Trinajstić information content (AvgIpc) is 3.07. The molecule has 0 spiro atoms. The zero-order valence-corrected chi connectivity index (χ0v) is 12.8. The number of nitrogens with zero attached hydrogens (tertiary/aromatic N) is 1. The van der Waals surface area contributed by atoms with E-state index in [1.54, 1.807) is 0 Å². The van der Waals surface area contributed by atoms with E-state index in [0.717, 1.165) is 31.6 Å². The van der Waals surface area contributed by atoms with Gasteiger partial charge in [0.05, 0.1) is 6.10 Å². The van der Waals surface area contributed by atoms with E-state index in [4.69, 9.17) is 10.00 Å². The van der Waals surface area contributed by atoms with Crippen molar-refractivity contribution in [2.75, 3.05) is 18.5 Å². The summed E-state index contributed by atoms with van der Waals surface area (Å²) in [5.41, 5.74) is 2.14. The van der Waals surface area contributed by atoms with Crippen LogP contribution in [0.5, 0.6) is 0 Å². The Balaban J connectivity index is 1.88. The van der Waals surface area contributed by atoms with Crippen LogP contribution in [0.25, 0.3) is 0 Å². The minimum atomic E-state index is -0.379. The Kier molecular flexibility index (Phi) is 5.99. The molecule has 1 aliphatic heterocycles. The van der Waals surface area contributed by atoms with E-state index < -0.39 is 0 Å². The van der Waals surface area contributed by atoms with Gasteiger partial charge in [0, 0.05) is 25.0 Å². The van der Waals surface area contributed by atoms with Crippen molar-refractivity contribution < 1.29 is 9.53 Å². The van der Waals surface area contributed by atoms with Crippen LogP contribution in [0.2, 0.25) is 0 Å². The minimum Gasteiger partial charge on any atom is -0.376 e. The number of hydrogen-bond donors (Lipinski definition) is 2. The van der Waals surface area contributed by atoms with Crippen LogP contribution in [0.15, 0.2) is 36.0 Å². The highest BCUT2D eigenvalue weighted by Gasteiger charge is 2.17. The topological polar surface area (TPSA) is 74.2 Å². The summed E-state index contributed by atoms with van der Waals surface area (Å²) in [6, 6.07) is 9.79. The Morgan fingerprint density at radius 3 is 2.82 bits per heavy atom. The number of ether oxygens (including phenoxy) is 1. The zero-order valence-electron chi connectivity index (χ0n) is 12.8. The zero-order chi connectivity index (χ0) is 15.8. The third-order valence-corrected chi connectivity index (χ3v) is 3.62. The Morgan fingerprint density at radius 2 is 2.23 bits per heavy atom. The number of aryl methyl sites for hydroxylation is 1. The van der Waals surface area contributed by atoms with Crippen molar-refractivity contribution in [2.24, 2.45) is 0 Å². The van der Waals surface area contributed by atoms with Crippen LogP contribution >= 0.6 is 0 Å². The summed E-state index contributed by atoms with van der Waals surface area (Å²) in [6.07, 6.45) is 4.46. The maximum absolute atomic E-state index is 12.0. The number of benzene rings is 1. The van der Waals surface area contributed by atoms with Gasteiger partial charge in [-0.1, -0.05) is 19.1 Å². The molecule has 1 aliphatic rings. The lowest BCUT2D eigenvalue weighted by molar-refractivity contribution is -0.117. The molecule has 116 valence electrons. The van der Waals surface area contributed by atoms with Gasteiger partial charge in [-0.3, -0.25) is 4.79 Å². The summed E-state index contributed by atoms with van der Waals surface area (Å²) < 4.78 is 5.44. The van der Waals surface area contributed by atoms with Crippen LogP contribution in [0, 0.1) is 11.3 Å². The van der Waals surface area contributed by atoms with E-state index in [1.807, 2.05) is 30.3 Å². The van der Waals surface area contributed by atoms with Crippen LogP contribution in [0.3, 0.4) is 0 Å². The molecule has 5 heteroatoms. The van der Waals surface area contributed by atoms with Gasteiger partial charge in [-0.15, -0.1) is 0 Å². The molecule has 1 fully saturated rings. The molecule has 1 aromatic rings. The number of amides is 1. The fraction of sp³-hybridized carbons (Fsp3) is 0.412. The summed E-state index contributed by atoms with van der Waals surface area (Å²) in [7, 11) is 0. The van der Waals surface area contributed by atoms with Gasteiger partial charge < -0.3 is 15.4 Å². The maximum atomic E-state index is 12.0.